The van der Waals surface area contributed by atoms with Crippen molar-refractivity contribution < 1.29 is 16.8 Å². The molecule has 1 radical (unpaired) electrons. The Kier molecular flexibility index (Phi) is 6.90. The van der Waals surface area contributed by atoms with E-state index in [0.29, 0.717) is 21.8 Å². The third kappa shape index (κ3) is 5.30. The van der Waals surface area contributed by atoms with E-state index < -0.39 is 19.9 Å². The average molecular weight is 416 g/mol. The first-order chi connectivity index (χ1) is 10.9. The molecule has 0 heterocycles. The molecule has 0 amide bonds. The Labute approximate surface area is 168 Å². The number of sulfone groups is 1. The maximum Gasteiger partial charge on any atom is 0.229 e. The summed E-state index contributed by atoms with van der Waals surface area (Å²) >= 11 is 12.4. The van der Waals surface area contributed by atoms with Gasteiger partial charge in [0.25, 0.3) is 0 Å². The van der Waals surface area contributed by atoms with Crippen molar-refractivity contribution in [3.8, 4) is 11.1 Å². The Morgan fingerprint density at radius 2 is 1.52 bits per heavy atom. The molecule has 0 aliphatic carbocycles. The number of nitrogens with two attached hydrogens (primary N) is 1. The summed E-state index contributed by atoms with van der Waals surface area (Å²) in [6, 6.07) is 7.53. The van der Waals surface area contributed by atoms with Crippen LogP contribution in [0.15, 0.2) is 35.2 Å². The minimum atomic E-state index is -3.81. The second-order valence-electron chi connectivity index (χ2n) is 5.19. The Morgan fingerprint density at radius 3 is 2.00 bits per heavy atom. The fourth-order valence-corrected chi connectivity index (χ4v) is 4.72. The van der Waals surface area contributed by atoms with Gasteiger partial charge in [0.05, 0.1) is 22.0 Å². The molecule has 2 aromatic carbocycles. The zero-order valence-corrected chi connectivity index (χ0v) is 16.8. The fraction of sp³-hybridized carbons (Fsp3) is 0.143. The SMILES string of the molecule is CS(=O)(=O)Nc1ccc(-c2ccc(N)cc2Cl)c(Cl)c1S(C)(=O)=O.[Li]. The van der Waals surface area contributed by atoms with Crippen molar-refractivity contribution in [2.75, 3.05) is 23.0 Å². The average Bonchev–Trinajstić information content (AvgIpc) is 2.36. The van der Waals surface area contributed by atoms with Crippen LogP contribution in [0.2, 0.25) is 10.0 Å². The van der Waals surface area contributed by atoms with E-state index in [2.05, 4.69) is 4.72 Å². The molecule has 11 heteroatoms. The topological polar surface area (TPSA) is 106 Å². The summed E-state index contributed by atoms with van der Waals surface area (Å²) in [6.45, 7) is 0. The molecule has 0 saturated carbocycles. The van der Waals surface area contributed by atoms with Crippen LogP contribution >= 0.6 is 23.2 Å². The van der Waals surface area contributed by atoms with E-state index in [4.69, 9.17) is 28.9 Å². The largest absolute Gasteiger partial charge is 0.399 e. The van der Waals surface area contributed by atoms with Crippen LogP contribution in [-0.4, -0.2) is 48.2 Å². The number of halogens is 2. The first-order valence-corrected chi connectivity index (χ1v) is 11.0. The summed E-state index contributed by atoms with van der Waals surface area (Å²) in [5, 5.41) is 0.165. The molecule has 0 spiro atoms. The molecule has 0 aliphatic rings. The number of hydrogen-bond acceptors (Lipinski definition) is 5. The fourth-order valence-electron chi connectivity index (χ4n) is 2.16. The van der Waals surface area contributed by atoms with E-state index in [1.807, 2.05) is 0 Å². The molecule has 25 heavy (non-hydrogen) atoms. The molecule has 3 N–H and O–H groups in total. The second kappa shape index (κ2) is 7.78. The van der Waals surface area contributed by atoms with Gasteiger partial charge in [0.2, 0.25) is 10.0 Å². The molecule has 0 atom stereocenters. The van der Waals surface area contributed by atoms with Crippen molar-refractivity contribution in [2.24, 2.45) is 0 Å². The van der Waals surface area contributed by atoms with Gasteiger partial charge < -0.3 is 5.73 Å². The smallest absolute Gasteiger partial charge is 0.229 e. The number of hydrogen-bond donors (Lipinski definition) is 2. The normalized spacial score (nSPS) is 11.7. The van der Waals surface area contributed by atoms with E-state index in [0.717, 1.165) is 12.5 Å². The van der Waals surface area contributed by atoms with Gasteiger partial charge in [0.1, 0.15) is 4.90 Å². The predicted molar refractivity (Wildman–Crippen MR) is 104 cm³/mol. The summed E-state index contributed by atoms with van der Waals surface area (Å²) in [5.41, 5.74) is 6.79. The van der Waals surface area contributed by atoms with Gasteiger partial charge in [0.15, 0.2) is 9.84 Å². The third-order valence-corrected chi connectivity index (χ3v) is 5.62. The van der Waals surface area contributed by atoms with Crippen LogP contribution in [0.4, 0.5) is 11.4 Å². The van der Waals surface area contributed by atoms with Crippen molar-refractivity contribution in [1.29, 1.82) is 0 Å². The van der Waals surface area contributed by atoms with E-state index >= 15 is 0 Å². The molecule has 0 fully saturated rings. The number of nitrogens with one attached hydrogen (secondary N) is 1. The molecule has 0 bridgehead atoms. The van der Waals surface area contributed by atoms with E-state index in [9.17, 15) is 16.8 Å². The van der Waals surface area contributed by atoms with E-state index in [-0.39, 0.29) is 34.5 Å². The Hall–Kier alpha value is -0.883. The molecular formula is C14H14Cl2LiN2O4S2. The first kappa shape index (κ1) is 22.2. The van der Waals surface area contributed by atoms with Gasteiger partial charge in [-0.05, 0) is 18.2 Å². The van der Waals surface area contributed by atoms with Crippen LogP contribution < -0.4 is 10.5 Å². The molecule has 0 aromatic heterocycles. The van der Waals surface area contributed by atoms with Gasteiger partial charge in [-0.25, -0.2) is 16.8 Å². The van der Waals surface area contributed by atoms with Crippen molar-refractivity contribution in [2.45, 2.75) is 4.90 Å². The summed E-state index contributed by atoms with van der Waals surface area (Å²) in [4.78, 5) is -0.319. The van der Waals surface area contributed by atoms with Crippen LogP contribution in [0, 0.1) is 0 Å². The second-order valence-corrected chi connectivity index (χ2v) is 9.68. The van der Waals surface area contributed by atoms with Crippen LogP contribution in [0.1, 0.15) is 0 Å². The summed E-state index contributed by atoms with van der Waals surface area (Å²) in [5.74, 6) is 0. The zero-order chi connectivity index (χ0) is 18.3. The molecule has 2 aromatic rings. The van der Waals surface area contributed by atoms with Crippen molar-refractivity contribution in [3.05, 3.63) is 40.4 Å². The summed E-state index contributed by atoms with van der Waals surface area (Å²) < 4.78 is 49.3. The molecular weight excluding hydrogens is 402 g/mol. The number of anilines is 2. The zero-order valence-electron chi connectivity index (χ0n) is 13.7. The maximum atomic E-state index is 12.1. The van der Waals surface area contributed by atoms with Gasteiger partial charge in [-0.15, -0.1) is 0 Å². The summed E-state index contributed by atoms with van der Waals surface area (Å²) in [7, 11) is -7.50. The molecule has 0 saturated heterocycles. The minimum Gasteiger partial charge on any atom is -0.399 e. The Morgan fingerprint density at radius 1 is 0.960 bits per heavy atom. The molecule has 6 nitrogen and oxygen atoms in total. The molecule has 131 valence electrons. The van der Waals surface area contributed by atoms with Crippen molar-refractivity contribution >= 4 is 73.3 Å². The van der Waals surface area contributed by atoms with Crippen molar-refractivity contribution in [1.82, 2.24) is 0 Å². The molecule has 0 aliphatic heterocycles. The maximum absolute atomic E-state index is 12.1. The molecule has 0 unspecified atom stereocenters. The Balaban J connectivity index is 0.00000312. The number of sulfonamides is 1. The first-order valence-electron chi connectivity index (χ1n) is 6.46. The van der Waals surface area contributed by atoms with Crippen LogP contribution in [0.25, 0.3) is 11.1 Å². The third-order valence-electron chi connectivity index (χ3n) is 3.05. The number of rotatable bonds is 4. The van der Waals surface area contributed by atoms with E-state index in [1.165, 1.54) is 18.2 Å². The van der Waals surface area contributed by atoms with Gasteiger partial charge >= 0.3 is 0 Å². The van der Waals surface area contributed by atoms with Crippen molar-refractivity contribution in [3.63, 3.8) is 0 Å². The van der Waals surface area contributed by atoms with Gasteiger partial charge in [-0.1, -0.05) is 35.3 Å². The standard InChI is InChI=1S/C14H14Cl2N2O4S2.Li/c1-23(19,20)14-12(18-24(2,21)22)6-5-10(13(14)16)9-4-3-8(17)7-11(9)15;/h3-7,18H,17H2,1-2H3;. The minimum absolute atomic E-state index is 0. The monoisotopic (exact) mass is 415 g/mol. The Bertz CT molecular complexity index is 1030. The van der Waals surface area contributed by atoms with Crippen LogP contribution in [0.3, 0.4) is 0 Å². The van der Waals surface area contributed by atoms with E-state index in [1.54, 1.807) is 12.1 Å². The quantitative estimate of drug-likeness (QED) is 0.589. The predicted octanol–water partition coefficient (Wildman–Crippen LogP) is 2.64. The van der Waals surface area contributed by atoms with Crippen LogP contribution in [-0.2, 0) is 19.9 Å². The summed E-state index contributed by atoms with van der Waals surface area (Å²) in [6.07, 6.45) is 1.85. The molecule has 2 rings (SSSR count). The van der Waals surface area contributed by atoms with Crippen LogP contribution in [0.5, 0.6) is 0 Å². The number of nitrogen functional groups attached to an aromatic ring is 1. The van der Waals surface area contributed by atoms with Gasteiger partial charge in [0, 0.05) is 41.9 Å². The van der Waals surface area contributed by atoms with Gasteiger partial charge in [-0.2, -0.15) is 0 Å². The number of benzene rings is 2. The van der Waals surface area contributed by atoms with Gasteiger partial charge in [-0.3, -0.25) is 4.72 Å².